The lowest BCUT2D eigenvalue weighted by molar-refractivity contribution is -0.142. The molecule has 170 valence electrons. The fourth-order valence-electron chi connectivity index (χ4n) is 5.52. The number of amides is 2. The number of benzene rings is 2. The lowest BCUT2D eigenvalue weighted by Gasteiger charge is -2.37. The summed E-state index contributed by atoms with van der Waals surface area (Å²) in [5.74, 6) is -1.60. The number of likely N-dealkylation sites (tertiary alicyclic amines) is 1. The molecule has 6 rings (SSSR count). The van der Waals surface area contributed by atoms with Crippen LogP contribution in [0.2, 0.25) is 0 Å². The van der Waals surface area contributed by atoms with Crippen molar-refractivity contribution in [2.45, 2.75) is 43.6 Å². The lowest BCUT2D eigenvalue weighted by atomic mass is 9.89. The van der Waals surface area contributed by atoms with Gasteiger partial charge in [0.05, 0.1) is 11.6 Å². The molecule has 0 unspecified atom stereocenters. The number of piperidine rings is 1. The van der Waals surface area contributed by atoms with E-state index < -0.39 is 29.5 Å². The van der Waals surface area contributed by atoms with E-state index in [0.29, 0.717) is 55.5 Å². The highest BCUT2D eigenvalue weighted by atomic mass is 19.1. The fraction of sp³-hybridized carbons (Fsp3) is 0.360. The van der Waals surface area contributed by atoms with Gasteiger partial charge in [0.1, 0.15) is 29.7 Å². The van der Waals surface area contributed by atoms with Crippen molar-refractivity contribution in [2.75, 3.05) is 13.1 Å². The highest BCUT2D eigenvalue weighted by molar-refractivity contribution is 6.06. The van der Waals surface area contributed by atoms with Crippen molar-refractivity contribution in [3.8, 4) is 0 Å². The molecule has 3 fully saturated rings. The molecular weight excluding hydrogens is 430 g/mol. The van der Waals surface area contributed by atoms with Gasteiger partial charge in [-0.1, -0.05) is 18.2 Å². The summed E-state index contributed by atoms with van der Waals surface area (Å²) >= 11 is 0. The van der Waals surface area contributed by atoms with Crippen LogP contribution < -0.4 is 0 Å². The second kappa shape index (κ2) is 7.38. The monoisotopic (exact) mass is 452 g/mol. The molecule has 1 aromatic heterocycles. The predicted octanol–water partition coefficient (Wildman–Crippen LogP) is 4.41. The van der Waals surface area contributed by atoms with E-state index in [4.69, 9.17) is 9.15 Å². The number of para-hydroxylation sites is 1. The Morgan fingerprint density at radius 1 is 1.03 bits per heavy atom. The third-order valence-corrected chi connectivity index (χ3v) is 7.16. The van der Waals surface area contributed by atoms with Gasteiger partial charge in [-0.2, -0.15) is 0 Å². The van der Waals surface area contributed by atoms with Crippen LogP contribution in [0.3, 0.4) is 0 Å². The van der Waals surface area contributed by atoms with Gasteiger partial charge in [-0.25, -0.2) is 8.78 Å². The van der Waals surface area contributed by atoms with E-state index in [0.717, 1.165) is 11.5 Å². The zero-order valence-electron chi connectivity index (χ0n) is 17.8. The maximum Gasteiger partial charge on any atom is 0.257 e. The van der Waals surface area contributed by atoms with E-state index >= 15 is 0 Å². The molecule has 0 N–H and O–H groups in total. The van der Waals surface area contributed by atoms with Gasteiger partial charge < -0.3 is 19.0 Å². The van der Waals surface area contributed by atoms with Crippen LogP contribution in [0.1, 0.15) is 47.6 Å². The number of ether oxygens (including phenoxy) is 1. The molecule has 3 aliphatic heterocycles. The van der Waals surface area contributed by atoms with Gasteiger partial charge in [0.15, 0.2) is 5.60 Å². The first-order chi connectivity index (χ1) is 15.9. The van der Waals surface area contributed by atoms with Gasteiger partial charge in [-0.05, 0) is 36.6 Å². The van der Waals surface area contributed by atoms with Crippen LogP contribution in [-0.4, -0.2) is 46.5 Å². The third-order valence-electron chi connectivity index (χ3n) is 7.16. The van der Waals surface area contributed by atoms with E-state index in [1.807, 2.05) is 24.3 Å². The number of fused-ring (bicyclic) bond motifs is 2. The summed E-state index contributed by atoms with van der Waals surface area (Å²) in [5, 5.41) is 0.766. The van der Waals surface area contributed by atoms with Crippen molar-refractivity contribution in [3.63, 3.8) is 0 Å². The predicted molar refractivity (Wildman–Crippen MR) is 114 cm³/mol. The van der Waals surface area contributed by atoms with Crippen LogP contribution in [0.5, 0.6) is 0 Å². The molecule has 1 spiro atoms. The zero-order valence-corrected chi connectivity index (χ0v) is 17.8. The quantitative estimate of drug-likeness (QED) is 0.578. The molecule has 3 aliphatic rings. The van der Waals surface area contributed by atoms with Crippen molar-refractivity contribution in [2.24, 2.45) is 0 Å². The first-order valence-electron chi connectivity index (χ1n) is 11.2. The molecule has 4 heterocycles. The maximum atomic E-state index is 13.8. The van der Waals surface area contributed by atoms with E-state index in [9.17, 15) is 18.4 Å². The number of hydrogen-bond donors (Lipinski definition) is 0. The Morgan fingerprint density at radius 3 is 2.52 bits per heavy atom. The van der Waals surface area contributed by atoms with Crippen LogP contribution in [0.25, 0.3) is 11.0 Å². The van der Waals surface area contributed by atoms with Crippen molar-refractivity contribution in [1.29, 1.82) is 0 Å². The topological polar surface area (TPSA) is 63.0 Å². The Balaban J connectivity index is 1.20. The van der Waals surface area contributed by atoms with Gasteiger partial charge in [0, 0.05) is 37.4 Å². The van der Waals surface area contributed by atoms with E-state index in [2.05, 4.69) is 0 Å². The fourth-order valence-corrected chi connectivity index (χ4v) is 5.52. The van der Waals surface area contributed by atoms with E-state index in [-0.39, 0.29) is 11.8 Å². The average molecular weight is 452 g/mol. The molecule has 0 radical (unpaired) electrons. The number of rotatable bonds is 2. The number of halogens is 2. The second-order valence-corrected chi connectivity index (χ2v) is 9.01. The van der Waals surface area contributed by atoms with Crippen LogP contribution in [0.4, 0.5) is 8.78 Å². The van der Waals surface area contributed by atoms with Gasteiger partial charge >= 0.3 is 0 Å². The minimum atomic E-state index is -0.996. The highest BCUT2D eigenvalue weighted by Gasteiger charge is 2.58. The maximum absolute atomic E-state index is 13.8. The average Bonchev–Trinajstić information content (AvgIpc) is 3.48. The number of carbonyl (C=O) groups excluding carboxylic acids is 2. The van der Waals surface area contributed by atoms with Crippen LogP contribution in [-0.2, 0) is 9.53 Å². The smallest absolute Gasteiger partial charge is 0.257 e. The van der Waals surface area contributed by atoms with E-state index in [1.54, 1.807) is 9.80 Å². The molecule has 0 saturated carbocycles. The Kier molecular flexibility index (Phi) is 4.55. The summed E-state index contributed by atoms with van der Waals surface area (Å²) in [7, 11) is 0. The molecule has 8 heteroatoms. The van der Waals surface area contributed by atoms with Crippen LogP contribution >= 0.6 is 0 Å². The molecule has 2 amide bonds. The van der Waals surface area contributed by atoms with Crippen LogP contribution in [0.15, 0.2) is 53.1 Å². The third kappa shape index (κ3) is 3.15. The standard InChI is InChI=1S/C25H22F2N2O4/c26-16-11-15(12-17(27)13-16)20-5-6-22-29(20)24(31)25(33-22)7-9-28(10-8-25)23(30)19-14-32-21-4-2-1-3-18(19)21/h1-4,11-14,20,22H,5-10H2/t20-,22+/m0/s1. The minimum absolute atomic E-state index is 0.131. The summed E-state index contributed by atoms with van der Waals surface area (Å²) in [6.45, 7) is 0.758. The molecule has 0 bridgehead atoms. The molecule has 2 aromatic carbocycles. The van der Waals surface area contributed by atoms with Gasteiger partial charge in [0.25, 0.3) is 11.8 Å². The summed E-state index contributed by atoms with van der Waals surface area (Å²) in [6, 6.07) is 10.4. The number of carbonyl (C=O) groups is 2. The summed E-state index contributed by atoms with van der Waals surface area (Å²) in [4.78, 5) is 30.0. The van der Waals surface area contributed by atoms with E-state index in [1.165, 1.54) is 18.4 Å². The first kappa shape index (κ1) is 20.4. The Bertz CT molecular complexity index is 1240. The van der Waals surface area contributed by atoms with Crippen molar-refractivity contribution >= 4 is 22.8 Å². The Morgan fingerprint density at radius 2 is 1.76 bits per heavy atom. The normalized spacial score (nSPS) is 24.1. The largest absolute Gasteiger partial charge is 0.463 e. The Hall–Kier alpha value is -3.26. The van der Waals surface area contributed by atoms with Gasteiger partial charge in [0.2, 0.25) is 0 Å². The molecule has 3 saturated heterocycles. The van der Waals surface area contributed by atoms with Gasteiger partial charge in [-0.15, -0.1) is 0 Å². The lowest BCUT2D eigenvalue weighted by Crippen LogP contribution is -2.51. The Labute approximate surface area is 188 Å². The minimum Gasteiger partial charge on any atom is -0.463 e. The number of furan rings is 1. The summed E-state index contributed by atoms with van der Waals surface area (Å²) < 4.78 is 39.3. The molecule has 33 heavy (non-hydrogen) atoms. The molecule has 3 aromatic rings. The molecule has 6 nitrogen and oxygen atoms in total. The molecule has 2 atom stereocenters. The second-order valence-electron chi connectivity index (χ2n) is 9.01. The zero-order chi connectivity index (χ0) is 22.7. The summed E-state index contributed by atoms with van der Waals surface area (Å²) in [6.07, 6.45) is 3.03. The van der Waals surface area contributed by atoms with Crippen molar-refractivity contribution < 1.29 is 27.5 Å². The number of nitrogens with zero attached hydrogens (tertiary/aromatic N) is 2. The van der Waals surface area contributed by atoms with Crippen molar-refractivity contribution in [3.05, 3.63) is 71.5 Å². The van der Waals surface area contributed by atoms with Crippen molar-refractivity contribution in [1.82, 2.24) is 9.80 Å². The highest BCUT2D eigenvalue weighted by Crippen LogP contribution is 2.48. The number of hydrogen-bond acceptors (Lipinski definition) is 4. The summed E-state index contributed by atoms with van der Waals surface area (Å²) in [5.41, 5.74) is 0.617. The molecule has 0 aliphatic carbocycles. The molecular formula is C25H22F2N2O4. The SMILES string of the molecule is O=C(c1coc2ccccc12)N1CCC2(CC1)O[C@@H]1CC[C@@H](c3cc(F)cc(F)c3)N1C2=O. The van der Waals surface area contributed by atoms with Crippen LogP contribution in [0, 0.1) is 11.6 Å². The van der Waals surface area contributed by atoms with Gasteiger partial charge in [-0.3, -0.25) is 9.59 Å². The first-order valence-corrected chi connectivity index (χ1v) is 11.2.